The van der Waals surface area contributed by atoms with Crippen molar-refractivity contribution in [3.63, 3.8) is 0 Å². The Kier molecular flexibility index (Phi) is 3.72. The minimum atomic E-state index is 0.493. The first-order valence-corrected chi connectivity index (χ1v) is 7.65. The highest BCUT2D eigenvalue weighted by Gasteiger charge is 2.41. The van der Waals surface area contributed by atoms with Crippen LogP contribution >= 0.6 is 0 Å². The van der Waals surface area contributed by atoms with E-state index in [1.807, 2.05) is 0 Å². The third kappa shape index (κ3) is 2.53. The first kappa shape index (κ1) is 12.0. The zero-order chi connectivity index (χ0) is 11.7. The fourth-order valence-corrected chi connectivity index (χ4v) is 4.53. The Labute approximate surface area is 105 Å². The molecule has 3 rings (SSSR count). The normalized spacial score (nSPS) is 42.9. The molecule has 1 saturated heterocycles. The Morgan fingerprint density at radius 3 is 2.71 bits per heavy atom. The highest BCUT2D eigenvalue weighted by Crippen LogP contribution is 2.50. The van der Waals surface area contributed by atoms with E-state index in [9.17, 15) is 0 Å². The second-order valence-corrected chi connectivity index (χ2v) is 6.47. The third-order valence-electron chi connectivity index (χ3n) is 5.48. The number of likely N-dealkylation sites (N-methyl/N-ethyl adjacent to an activating group) is 1. The zero-order valence-corrected chi connectivity index (χ0v) is 11.2. The molecular formula is C15H27NO. The largest absolute Gasteiger partial charge is 0.377 e. The van der Waals surface area contributed by atoms with Crippen LogP contribution in [0.25, 0.3) is 0 Å². The van der Waals surface area contributed by atoms with Gasteiger partial charge in [-0.15, -0.1) is 0 Å². The van der Waals surface area contributed by atoms with Gasteiger partial charge in [0, 0.05) is 12.6 Å². The van der Waals surface area contributed by atoms with Crippen LogP contribution in [0.2, 0.25) is 0 Å². The van der Waals surface area contributed by atoms with E-state index in [1.54, 1.807) is 0 Å². The lowest BCUT2D eigenvalue weighted by Gasteiger charge is -2.34. The summed E-state index contributed by atoms with van der Waals surface area (Å²) in [5, 5.41) is 3.53. The van der Waals surface area contributed by atoms with Crippen LogP contribution in [0, 0.1) is 17.8 Å². The van der Waals surface area contributed by atoms with Crippen LogP contribution in [0.3, 0.4) is 0 Å². The molecule has 1 N–H and O–H groups in total. The van der Waals surface area contributed by atoms with E-state index in [2.05, 4.69) is 12.4 Å². The first-order chi connectivity index (χ1) is 8.36. The summed E-state index contributed by atoms with van der Waals surface area (Å²) in [6.45, 7) is 0.986. The van der Waals surface area contributed by atoms with Gasteiger partial charge in [-0.3, -0.25) is 0 Å². The molecule has 0 aromatic carbocycles. The van der Waals surface area contributed by atoms with E-state index in [1.165, 1.54) is 51.4 Å². The van der Waals surface area contributed by atoms with Crippen molar-refractivity contribution in [2.75, 3.05) is 13.7 Å². The molecule has 5 unspecified atom stereocenters. The van der Waals surface area contributed by atoms with Gasteiger partial charge in [0.05, 0.1) is 6.10 Å². The Hall–Kier alpha value is -0.0800. The lowest BCUT2D eigenvalue weighted by molar-refractivity contribution is -0.0127. The van der Waals surface area contributed by atoms with Crippen molar-refractivity contribution in [2.45, 2.75) is 63.5 Å². The molecule has 2 aliphatic carbocycles. The monoisotopic (exact) mass is 237 g/mol. The molecule has 1 aliphatic heterocycles. The summed E-state index contributed by atoms with van der Waals surface area (Å²) in [6, 6.07) is 0.611. The maximum Gasteiger partial charge on any atom is 0.0728 e. The van der Waals surface area contributed by atoms with Crippen LogP contribution in [0.1, 0.15) is 51.4 Å². The molecule has 0 radical (unpaired) electrons. The van der Waals surface area contributed by atoms with Gasteiger partial charge in [-0.25, -0.2) is 0 Å². The molecule has 3 aliphatic rings. The molecule has 0 spiro atoms. The van der Waals surface area contributed by atoms with Crippen molar-refractivity contribution < 1.29 is 4.74 Å². The smallest absolute Gasteiger partial charge is 0.0728 e. The molecule has 2 saturated carbocycles. The third-order valence-corrected chi connectivity index (χ3v) is 5.48. The van der Waals surface area contributed by atoms with E-state index in [4.69, 9.17) is 4.74 Å². The fraction of sp³-hybridized carbons (Fsp3) is 1.00. The highest BCUT2D eigenvalue weighted by atomic mass is 16.5. The molecule has 3 fully saturated rings. The second-order valence-electron chi connectivity index (χ2n) is 6.47. The van der Waals surface area contributed by atoms with Crippen LogP contribution in [-0.2, 0) is 4.74 Å². The summed E-state index contributed by atoms with van der Waals surface area (Å²) in [6.07, 6.45) is 11.8. The van der Waals surface area contributed by atoms with Crippen molar-refractivity contribution >= 4 is 0 Å². The predicted molar refractivity (Wildman–Crippen MR) is 70.0 cm³/mol. The molecule has 0 aromatic rings. The molecule has 2 heteroatoms. The Morgan fingerprint density at radius 2 is 2.12 bits per heavy atom. The number of rotatable bonds is 4. The van der Waals surface area contributed by atoms with Crippen LogP contribution in [0.15, 0.2) is 0 Å². The maximum absolute atomic E-state index is 5.96. The number of nitrogens with one attached hydrogen (secondary N) is 1. The minimum Gasteiger partial charge on any atom is -0.377 e. The number of hydrogen-bond donors (Lipinski definition) is 1. The second kappa shape index (κ2) is 5.27. The Bertz CT molecular complexity index is 249. The lowest BCUT2D eigenvalue weighted by atomic mass is 9.82. The molecule has 2 bridgehead atoms. The van der Waals surface area contributed by atoms with E-state index >= 15 is 0 Å². The summed E-state index contributed by atoms with van der Waals surface area (Å²) < 4.78 is 5.96. The SMILES string of the molecule is CNC(CC1CC2CCC1C2)C1CCCCO1. The van der Waals surface area contributed by atoms with E-state index < -0.39 is 0 Å². The maximum atomic E-state index is 5.96. The minimum absolute atomic E-state index is 0.493. The first-order valence-electron chi connectivity index (χ1n) is 7.65. The Balaban J connectivity index is 1.54. The molecule has 0 aromatic heterocycles. The molecule has 17 heavy (non-hydrogen) atoms. The van der Waals surface area contributed by atoms with Gasteiger partial charge in [0.1, 0.15) is 0 Å². The van der Waals surface area contributed by atoms with Gasteiger partial charge in [0.25, 0.3) is 0 Å². The lowest BCUT2D eigenvalue weighted by Crippen LogP contribution is -2.43. The van der Waals surface area contributed by atoms with Crippen LogP contribution in [0.4, 0.5) is 0 Å². The topological polar surface area (TPSA) is 21.3 Å². The van der Waals surface area contributed by atoms with Gasteiger partial charge in [-0.05, 0) is 69.7 Å². The van der Waals surface area contributed by atoms with Gasteiger partial charge in [-0.1, -0.05) is 6.42 Å². The van der Waals surface area contributed by atoms with Crippen molar-refractivity contribution in [1.82, 2.24) is 5.32 Å². The summed E-state index contributed by atoms with van der Waals surface area (Å²) in [4.78, 5) is 0. The number of ether oxygens (including phenoxy) is 1. The molecule has 2 nitrogen and oxygen atoms in total. The molecule has 5 atom stereocenters. The van der Waals surface area contributed by atoms with E-state index in [0.717, 1.165) is 24.4 Å². The van der Waals surface area contributed by atoms with Gasteiger partial charge < -0.3 is 10.1 Å². The van der Waals surface area contributed by atoms with Gasteiger partial charge >= 0.3 is 0 Å². The molecule has 0 amide bonds. The van der Waals surface area contributed by atoms with Crippen LogP contribution < -0.4 is 5.32 Å². The highest BCUT2D eigenvalue weighted by molar-refractivity contribution is 4.93. The summed E-state index contributed by atoms with van der Waals surface area (Å²) in [7, 11) is 2.12. The summed E-state index contributed by atoms with van der Waals surface area (Å²) in [5.41, 5.74) is 0. The molecular weight excluding hydrogens is 210 g/mol. The predicted octanol–water partition coefficient (Wildman–Crippen LogP) is 2.97. The summed E-state index contributed by atoms with van der Waals surface area (Å²) in [5.74, 6) is 3.13. The van der Waals surface area contributed by atoms with Crippen molar-refractivity contribution in [3.05, 3.63) is 0 Å². The van der Waals surface area contributed by atoms with Crippen molar-refractivity contribution in [3.8, 4) is 0 Å². The van der Waals surface area contributed by atoms with E-state index in [0.29, 0.717) is 12.1 Å². The quantitative estimate of drug-likeness (QED) is 0.811. The van der Waals surface area contributed by atoms with Crippen molar-refractivity contribution in [1.29, 1.82) is 0 Å². The Morgan fingerprint density at radius 1 is 1.18 bits per heavy atom. The standard InChI is InChI=1S/C15H27NO/c1-16-14(15-4-2-3-7-17-15)10-13-9-11-5-6-12(13)8-11/h11-16H,2-10H2,1H3. The van der Waals surface area contributed by atoms with Crippen LogP contribution in [-0.4, -0.2) is 25.8 Å². The average molecular weight is 237 g/mol. The number of hydrogen-bond acceptors (Lipinski definition) is 2. The van der Waals surface area contributed by atoms with E-state index in [-0.39, 0.29) is 0 Å². The van der Waals surface area contributed by atoms with Gasteiger partial charge in [-0.2, -0.15) is 0 Å². The zero-order valence-electron chi connectivity index (χ0n) is 11.2. The molecule has 1 heterocycles. The van der Waals surface area contributed by atoms with Gasteiger partial charge in [0.2, 0.25) is 0 Å². The van der Waals surface area contributed by atoms with Crippen molar-refractivity contribution in [2.24, 2.45) is 17.8 Å². The fourth-order valence-electron chi connectivity index (χ4n) is 4.53. The molecule has 98 valence electrons. The van der Waals surface area contributed by atoms with Crippen LogP contribution in [0.5, 0.6) is 0 Å². The van der Waals surface area contributed by atoms with Gasteiger partial charge in [0.15, 0.2) is 0 Å². The number of fused-ring (bicyclic) bond motifs is 2. The summed E-state index contributed by atoms with van der Waals surface area (Å²) >= 11 is 0. The average Bonchev–Trinajstić information content (AvgIpc) is 2.99.